The second kappa shape index (κ2) is 6.17. The molecule has 1 aliphatic carbocycles. The van der Waals surface area contributed by atoms with Gasteiger partial charge in [0.15, 0.2) is 0 Å². The van der Waals surface area contributed by atoms with Gasteiger partial charge in [-0.15, -0.1) is 0 Å². The number of anilines is 1. The van der Waals surface area contributed by atoms with Crippen molar-refractivity contribution in [1.29, 1.82) is 0 Å². The summed E-state index contributed by atoms with van der Waals surface area (Å²) in [6.07, 6.45) is 4.10. The lowest BCUT2D eigenvalue weighted by Crippen LogP contribution is -2.53. The third-order valence-electron chi connectivity index (χ3n) is 3.82. The molecular formula is C15H22N2O2. The number of hydrogen-bond donors (Lipinski definition) is 3. The number of rotatable bonds is 5. The predicted octanol–water partition coefficient (Wildman–Crippen LogP) is 1.91. The highest BCUT2D eigenvalue weighted by atomic mass is 16.3. The van der Waals surface area contributed by atoms with Crippen LogP contribution in [-0.4, -0.2) is 29.2 Å². The first-order chi connectivity index (χ1) is 9.15. The monoisotopic (exact) mass is 262 g/mol. The highest BCUT2D eigenvalue weighted by molar-refractivity contribution is 5.94. The van der Waals surface area contributed by atoms with E-state index in [4.69, 9.17) is 0 Å². The van der Waals surface area contributed by atoms with Crippen LogP contribution in [-0.2, 0) is 4.79 Å². The lowest BCUT2D eigenvalue weighted by atomic mass is 9.97. The molecule has 1 fully saturated rings. The van der Waals surface area contributed by atoms with Gasteiger partial charge >= 0.3 is 0 Å². The average Bonchev–Trinajstić information content (AvgIpc) is 2.89. The Morgan fingerprint density at radius 3 is 2.53 bits per heavy atom. The van der Waals surface area contributed by atoms with Crippen LogP contribution in [0.25, 0.3) is 0 Å². The fourth-order valence-corrected chi connectivity index (χ4v) is 2.70. The van der Waals surface area contributed by atoms with Gasteiger partial charge in [0.05, 0.1) is 12.6 Å². The Kier molecular flexibility index (Phi) is 4.56. The van der Waals surface area contributed by atoms with Crippen LogP contribution in [0, 0.1) is 0 Å². The zero-order valence-corrected chi connectivity index (χ0v) is 11.4. The first kappa shape index (κ1) is 14.0. The molecule has 104 valence electrons. The van der Waals surface area contributed by atoms with Crippen LogP contribution in [0.5, 0.6) is 0 Å². The first-order valence-corrected chi connectivity index (χ1v) is 6.90. The minimum atomic E-state index is -0.314. The molecule has 1 atom stereocenters. The van der Waals surface area contributed by atoms with E-state index in [-0.39, 0.29) is 24.1 Å². The van der Waals surface area contributed by atoms with Crippen LogP contribution in [0.1, 0.15) is 32.6 Å². The molecule has 0 saturated heterocycles. The second-order valence-electron chi connectivity index (χ2n) is 5.37. The Hall–Kier alpha value is -1.39. The van der Waals surface area contributed by atoms with Crippen LogP contribution in [0.2, 0.25) is 0 Å². The van der Waals surface area contributed by atoms with Crippen LogP contribution in [0.3, 0.4) is 0 Å². The molecule has 1 saturated carbocycles. The third-order valence-corrected chi connectivity index (χ3v) is 3.82. The van der Waals surface area contributed by atoms with Crippen molar-refractivity contribution in [2.45, 2.75) is 44.2 Å². The summed E-state index contributed by atoms with van der Waals surface area (Å²) < 4.78 is 0. The molecule has 1 aliphatic rings. The Bertz CT molecular complexity index is 413. The zero-order valence-electron chi connectivity index (χ0n) is 11.4. The largest absolute Gasteiger partial charge is 0.394 e. The van der Waals surface area contributed by atoms with Crippen molar-refractivity contribution in [3.05, 3.63) is 30.3 Å². The van der Waals surface area contributed by atoms with Crippen molar-refractivity contribution >= 4 is 11.6 Å². The average molecular weight is 262 g/mol. The van der Waals surface area contributed by atoms with Gasteiger partial charge in [0.1, 0.15) is 0 Å². The Morgan fingerprint density at radius 2 is 1.95 bits per heavy atom. The molecule has 4 nitrogen and oxygen atoms in total. The van der Waals surface area contributed by atoms with E-state index in [1.807, 2.05) is 37.3 Å². The van der Waals surface area contributed by atoms with E-state index in [9.17, 15) is 9.90 Å². The predicted molar refractivity (Wildman–Crippen MR) is 76.0 cm³/mol. The highest BCUT2D eigenvalue weighted by Gasteiger charge is 2.35. The van der Waals surface area contributed by atoms with Crippen molar-refractivity contribution in [2.75, 3.05) is 11.9 Å². The number of para-hydroxylation sites is 1. The van der Waals surface area contributed by atoms with E-state index in [1.54, 1.807) is 0 Å². The second-order valence-corrected chi connectivity index (χ2v) is 5.37. The van der Waals surface area contributed by atoms with E-state index >= 15 is 0 Å². The summed E-state index contributed by atoms with van der Waals surface area (Å²) in [5, 5.41) is 15.7. The number of benzene rings is 1. The summed E-state index contributed by atoms with van der Waals surface area (Å²) in [6.45, 7) is 1.93. The molecule has 1 amide bonds. The van der Waals surface area contributed by atoms with E-state index in [0.717, 1.165) is 31.4 Å². The Morgan fingerprint density at radius 1 is 1.32 bits per heavy atom. The number of nitrogens with one attached hydrogen (secondary N) is 2. The Labute approximate surface area is 114 Å². The van der Waals surface area contributed by atoms with Crippen molar-refractivity contribution in [2.24, 2.45) is 0 Å². The minimum Gasteiger partial charge on any atom is -0.394 e. The van der Waals surface area contributed by atoms with Gasteiger partial charge in [0.2, 0.25) is 5.91 Å². The van der Waals surface area contributed by atoms with Gasteiger partial charge in [0, 0.05) is 11.2 Å². The molecule has 1 aromatic carbocycles. The molecule has 0 radical (unpaired) electrons. The molecule has 3 N–H and O–H groups in total. The van der Waals surface area contributed by atoms with Crippen LogP contribution >= 0.6 is 0 Å². The van der Waals surface area contributed by atoms with Gasteiger partial charge in [-0.05, 0) is 31.9 Å². The first-order valence-electron chi connectivity index (χ1n) is 6.90. The number of amides is 1. The smallest absolute Gasteiger partial charge is 0.241 e. The van der Waals surface area contributed by atoms with Crippen LogP contribution in [0.4, 0.5) is 5.69 Å². The highest BCUT2D eigenvalue weighted by Crippen LogP contribution is 2.29. The van der Waals surface area contributed by atoms with E-state index in [0.29, 0.717) is 0 Å². The van der Waals surface area contributed by atoms with E-state index in [1.165, 1.54) is 0 Å². The summed E-state index contributed by atoms with van der Waals surface area (Å²) in [7, 11) is 0. The molecule has 1 unspecified atom stereocenters. The van der Waals surface area contributed by atoms with Crippen molar-refractivity contribution in [3.63, 3.8) is 0 Å². The topological polar surface area (TPSA) is 61.4 Å². The molecular weight excluding hydrogens is 240 g/mol. The fraction of sp³-hybridized carbons (Fsp3) is 0.533. The van der Waals surface area contributed by atoms with Crippen molar-refractivity contribution in [3.8, 4) is 0 Å². The summed E-state index contributed by atoms with van der Waals surface area (Å²) in [4.78, 5) is 12.1. The van der Waals surface area contributed by atoms with E-state index < -0.39 is 0 Å². The van der Waals surface area contributed by atoms with Gasteiger partial charge < -0.3 is 10.4 Å². The number of carbonyl (C=O) groups excluding carboxylic acids is 1. The molecule has 0 heterocycles. The maximum Gasteiger partial charge on any atom is 0.241 e. The fourth-order valence-electron chi connectivity index (χ4n) is 2.70. The molecule has 0 aromatic heterocycles. The summed E-state index contributed by atoms with van der Waals surface area (Å²) >= 11 is 0. The van der Waals surface area contributed by atoms with Crippen molar-refractivity contribution < 1.29 is 9.90 Å². The molecule has 0 aliphatic heterocycles. The number of hydrogen-bond acceptors (Lipinski definition) is 3. The lowest BCUT2D eigenvalue weighted by molar-refractivity contribution is -0.118. The maximum absolute atomic E-state index is 12.1. The number of carbonyl (C=O) groups is 1. The molecule has 2 rings (SSSR count). The van der Waals surface area contributed by atoms with Gasteiger partial charge in [-0.25, -0.2) is 0 Å². The summed E-state index contributed by atoms with van der Waals surface area (Å²) in [5.41, 5.74) is 0.526. The van der Waals surface area contributed by atoms with Crippen molar-refractivity contribution in [1.82, 2.24) is 5.32 Å². The quantitative estimate of drug-likeness (QED) is 0.759. The number of aliphatic hydroxyl groups excluding tert-OH is 1. The maximum atomic E-state index is 12.1. The zero-order chi connectivity index (χ0) is 13.7. The SMILES string of the molecule is CC(NC1(CO)CCCC1)C(=O)Nc1ccccc1. The van der Waals surface area contributed by atoms with Gasteiger partial charge in [0.25, 0.3) is 0 Å². The van der Waals surface area contributed by atoms with E-state index in [2.05, 4.69) is 10.6 Å². The summed E-state index contributed by atoms with van der Waals surface area (Å²) in [6, 6.07) is 9.10. The Balaban J connectivity index is 1.92. The molecule has 4 heteroatoms. The standard InChI is InChI=1S/C15H22N2O2/c1-12(17-15(11-18)9-5-6-10-15)14(19)16-13-7-3-2-4-8-13/h2-4,7-8,12,17-18H,5-6,9-11H2,1H3,(H,16,19). The molecule has 1 aromatic rings. The van der Waals surface area contributed by atoms with Gasteiger partial charge in [-0.1, -0.05) is 31.0 Å². The molecule has 0 bridgehead atoms. The normalized spacial score (nSPS) is 19.1. The number of aliphatic hydroxyl groups is 1. The lowest BCUT2D eigenvalue weighted by Gasteiger charge is -2.31. The van der Waals surface area contributed by atoms with Gasteiger partial charge in [-0.2, -0.15) is 0 Å². The summed E-state index contributed by atoms with van der Waals surface area (Å²) in [5.74, 6) is -0.0640. The molecule has 0 spiro atoms. The van der Waals surface area contributed by atoms with Crippen LogP contribution < -0.4 is 10.6 Å². The van der Waals surface area contributed by atoms with Gasteiger partial charge in [-0.3, -0.25) is 10.1 Å². The minimum absolute atomic E-state index is 0.0640. The molecule has 19 heavy (non-hydrogen) atoms. The third kappa shape index (κ3) is 3.55. The van der Waals surface area contributed by atoms with Crippen LogP contribution in [0.15, 0.2) is 30.3 Å².